The van der Waals surface area contributed by atoms with Gasteiger partial charge in [0.1, 0.15) is 17.2 Å². The molecule has 25 heavy (non-hydrogen) atoms. The number of nitrogens with one attached hydrogen (secondary N) is 1. The van der Waals surface area contributed by atoms with E-state index in [9.17, 15) is 0 Å². The van der Waals surface area contributed by atoms with E-state index < -0.39 is 0 Å². The molecule has 124 valence electrons. The van der Waals surface area contributed by atoms with Gasteiger partial charge in [-0.3, -0.25) is 4.40 Å². The highest BCUT2D eigenvalue weighted by Gasteiger charge is 2.13. The van der Waals surface area contributed by atoms with Crippen molar-refractivity contribution in [2.24, 2.45) is 0 Å². The molecule has 0 bridgehead atoms. The van der Waals surface area contributed by atoms with E-state index in [1.165, 1.54) is 5.56 Å². The van der Waals surface area contributed by atoms with Gasteiger partial charge in [-0.15, -0.1) is 0 Å². The molecule has 2 heterocycles. The van der Waals surface area contributed by atoms with E-state index >= 15 is 0 Å². The Balaban J connectivity index is 1.68. The SMILES string of the molecule is Brc1ccc2nc(-c3ccccc3)c(NCCc3ccccc3)n2c1. The predicted octanol–water partition coefficient (Wildman–Crippen LogP) is 5.42. The minimum absolute atomic E-state index is 0.851. The summed E-state index contributed by atoms with van der Waals surface area (Å²) < 4.78 is 3.14. The molecular weight excluding hydrogens is 374 g/mol. The standard InChI is InChI=1S/C21H18BrN3/c22-18-11-12-19-24-20(17-9-5-2-6-10-17)21(25(19)15-18)23-14-13-16-7-3-1-4-8-16/h1-12,15,23H,13-14H2. The Kier molecular flexibility index (Phi) is 4.53. The third-order valence-electron chi connectivity index (χ3n) is 4.18. The number of fused-ring (bicyclic) bond motifs is 1. The second-order valence-electron chi connectivity index (χ2n) is 5.91. The fourth-order valence-corrected chi connectivity index (χ4v) is 3.29. The van der Waals surface area contributed by atoms with Gasteiger partial charge in [0.25, 0.3) is 0 Å². The van der Waals surface area contributed by atoms with Crippen molar-refractivity contribution in [1.29, 1.82) is 0 Å². The summed E-state index contributed by atoms with van der Waals surface area (Å²) in [6.07, 6.45) is 3.02. The zero-order valence-corrected chi connectivity index (χ0v) is 15.3. The minimum atomic E-state index is 0.851. The number of halogens is 1. The Morgan fingerprint density at radius 3 is 2.36 bits per heavy atom. The molecule has 1 N–H and O–H groups in total. The largest absolute Gasteiger partial charge is 0.369 e. The molecule has 0 saturated carbocycles. The van der Waals surface area contributed by atoms with Crippen molar-refractivity contribution in [3.05, 3.63) is 89.0 Å². The van der Waals surface area contributed by atoms with Crippen molar-refractivity contribution in [3.63, 3.8) is 0 Å². The topological polar surface area (TPSA) is 29.3 Å². The molecular formula is C21H18BrN3. The van der Waals surface area contributed by atoms with Gasteiger partial charge in [0.2, 0.25) is 0 Å². The maximum absolute atomic E-state index is 4.83. The summed E-state index contributed by atoms with van der Waals surface area (Å²) in [5.74, 6) is 1.03. The molecule has 4 rings (SSSR count). The van der Waals surface area contributed by atoms with E-state index in [0.29, 0.717) is 0 Å². The molecule has 4 heteroatoms. The van der Waals surface area contributed by atoms with Crippen molar-refractivity contribution in [3.8, 4) is 11.3 Å². The number of benzene rings is 2. The molecule has 0 unspecified atom stereocenters. The molecule has 0 fully saturated rings. The van der Waals surface area contributed by atoms with Crippen molar-refractivity contribution >= 4 is 27.4 Å². The first-order valence-electron chi connectivity index (χ1n) is 8.32. The third kappa shape index (κ3) is 3.44. The summed E-state index contributed by atoms with van der Waals surface area (Å²) in [5.41, 5.74) is 4.35. The van der Waals surface area contributed by atoms with E-state index in [1.807, 2.05) is 36.4 Å². The van der Waals surface area contributed by atoms with Crippen LogP contribution < -0.4 is 5.32 Å². The van der Waals surface area contributed by atoms with Gasteiger partial charge in [-0.1, -0.05) is 60.7 Å². The number of rotatable bonds is 5. The number of nitrogens with zero attached hydrogens (tertiary/aromatic N) is 2. The molecule has 0 atom stereocenters. The second-order valence-corrected chi connectivity index (χ2v) is 6.83. The zero-order chi connectivity index (χ0) is 17.1. The van der Waals surface area contributed by atoms with Crippen LogP contribution >= 0.6 is 15.9 Å². The highest BCUT2D eigenvalue weighted by Crippen LogP contribution is 2.29. The van der Waals surface area contributed by atoms with Gasteiger partial charge in [-0.25, -0.2) is 4.98 Å². The number of hydrogen-bond acceptors (Lipinski definition) is 2. The van der Waals surface area contributed by atoms with Gasteiger partial charge in [-0.05, 0) is 40.0 Å². The quantitative estimate of drug-likeness (QED) is 0.492. The third-order valence-corrected chi connectivity index (χ3v) is 4.65. The lowest BCUT2D eigenvalue weighted by Crippen LogP contribution is -2.07. The molecule has 0 aliphatic heterocycles. The number of hydrogen-bond donors (Lipinski definition) is 1. The monoisotopic (exact) mass is 391 g/mol. The molecule has 4 aromatic rings. The molecule has 0 spiro atoms. The maximum Gasteiger partial charge on any atom is 0.139 e. The Labute approximate surface area is 155 Å². The van der Waals surface area contributed by atoms with E-state index in [0.717, 1.165) is 40.2 Å². The normalized spacial score (nSPS) is 10.9. The van der Waals surface area contributed by atoms with Crippen LogP contribution in [0.4, 0.5) is 5.82 Å². The molecule has 0 radical (unpaired) electrons. The highest BCUT2D eigenvalue weighted by molar-refractivity contribution is 9.10. The summed E-state index contributed by atoms with van der Waals surface area (Å²) >= 11 is 3.56. The van der Waals surface area contributed by atoms with Crippen LogP contribution in [0.25, 0.3) is 16.9 Å². The minimum Gasteiger partial charge on any atom is -0.369 e. The average molecular weight is 392 g/mol. The number of anilines is 1. The first kappa shape index (κ1) is 15.9. The summed E-state index contributed by atoms with van der Waals surface area (Å²) in [5, 5.41) is 3.59. The van der Waals surface area contributed by atoms with Gasteiger partial charge >= 0.3 is 0 Å². The number of pyridine rings is 1. The van der Waals surface area contributed by atoms with E-state index in [4.69, 9.17) is 4.98 Å². The predicted molar refractivity (Wildman–Crippen MR) is 107 cm³/mol. The van der Waals surface area contributed by atoms with Crippen molar-refractivity contribution in [1.82, 2.24) is 9.38 Å². The Morgan fingerprint density at radius 1 is 0.880 bits per heavy atom. The molecule has 0 saturated heterocycles. The average Bonchev–Trinajstić information content (AvgIpc) is 3.01. The lowest BCUT2D eigenvalue weighted by molar-refractivity contribution is 0.998. The van der Waals surface area contributed by atoms with Crippen LogP contribution in [0, 0.1) is 0 Å². The van der Waals surface area contributed by atoms with Crippen LogP contribution in [0.15, 0.2) is 83.5 Å². The summed E-state index contributed by atoms with van der Waals surface area (Å²) in [7, 11) is 0. The van der Waals surface area contributed by atoms with Crippen LogP contribution in [0.1, 0.15) is 5.56 Å². The zero-order valence-electron chi connectivity index (χ0n) is 13.7. The fraction of sp³-hybridized carbons (Fsp3) is 0.0952. The summed E-state index contributed by atoms with van der Waals surface area (Å²) in [6, 6.07) is 24.9. The Morgan fingerprint density at radius 2 is 1.60 bits per heavy atom. The van der Waals surface area contributed by atoms with Gasteiger partial charge in [0, 0.05) is 22.8 Å². The molecule has 2 aromatic carbocycles. The van der Waals surface area contributed by atoms with Gasteiger partial charge in [0.05, 0.1) is 0 Å². The first-order chi connectivity index (χ1) is 12.3. The van der Waals surface area contributed by atoms with Gasteiger partial charge < -0.3 is 5.32 Å². The lowest BCUT2D eigenvalue weighted by Gasteiger charge is -2.09. The molecule has 0 amide bonds. The summed E-state index contributed by atoms with van der Waals surface area (Å²) in [6.45, 7) is 0.851. The Hall–Kier alpha value is -2.59. The van der Waals surface area contributed by atoms with E-state index in [-0.39, 0.29) is 0 Å². The second kappa shape index (κ2) is 7.11. The van der Waals surface area contributed by atoms with Crippen molar-refractivity contribution in [2.75, 3.05) is 11.9 Å². The molecule has 2 aromatic heterocycles. The van der Waals surface area contributed by atoms with E-state index in [2.05, 4.69) is 68.2 Å². The lowest BCUT2D eigenvalue weighted by atomic mass is 10.1. The van der Waals surface area contributed by atoms with Crippen molar-refractivity contribution in [2.45, 2.75) is 6.42 Å². The Bertz CT molecular complexity index is 978. The maximum atomic E-state index is 4.83. The fourth-order valence-electron chi connectivity index (χ4n) is 2.95. The first-order valence-corrected chi connectivity index (χ1v) is 9.11. The van der Waals surface area contributed by atoms with Crippen molar-refractivity contribution < 1.29 is 0 Å². The van der Waals surface area contributed by atoms with Crippen LogP contribution in [0.5, 0.6) is 0 Å². The number of aromatic nitrogens is 2. The van der Waals surface area contributed by atoms with Crippen LogP contribution in [0.2, 0.25) is 0 Å². The van der Waals surface area contributed by atoms with Gasteiger partial charge in [0.15, 0.2) is 0 Å². The molecule has 0 aliphatic carbocycles. The molecule has 0 aliphatic rings. The van der Waals surface area contributed by atoms with E-state index in [1.54, 1.807) is 0 Å². The molecule has 3 nitrogen and oxygen atoms in total. The smallest absolute Gasteiger partial charge is 0.139 e. The van der Waals surface area contributed by atoms with Crippen LogP contribution in [-0.4, -0.2) is 15.9 Å². The van der Waals surface area contributed by atoms with Crippen LogP contribution in [-0.2, 0) is 6.42 Å². The highest BCUT2D eigenvalue weighted by atomic mass is 79.9. The summed E-state index contributed by atoms with van der Waals surface area (Å²) in [4.78, 5) is 4.83. The van der Waals surface area contributed by atoms with Gasteiger partial charge in [-0.2, -0.15) is 0 Å². The van der Waals surface area contributed by atoms with Crippen LogP contribution in [0.3, 0.4) is 0 Å². The number of imidazole rings is 1.